The fraction of sp³-hybridized carbons (Fsp3) is 0.286. The number of methoxy groups -OCH3 is 1. The van der Waals surface area contributed by atoms with E-state index in [1.54, 1.807) is 0 Å². The SMILES string of the molecule is COc1c(O)c(CN2CCNCC2)c(O)c2c(=O)cc(-c3ccccc3)oc12. The van der Waals surface area contributed by atoms with E-state index in [0.717, 1.165) is 26.2 Å². The molecule has 0 aliphatic carbocycles. The molecule has 2 heterocycles. The normalized spacial score (nSPS) is 15.0. The minimum atomic E-state index is -0.391. The zero-order valence-corrected chi connectivity index (χ0v) is 15.6. The largest absolute Gasteiger partial charge is 0.507 e. The van der Waals surface area contributed by atoms with Gasteiger partial charge in [0.25, 0.3) is 0 Å². The van der Waals surface area contributed by atoms with Crippen molar-refractivity contribution in [1.29, 1.82) is 0 Å². The molecule has 7 heteroatoms. The van der Waals surface area contributed by atoms with Crippen LogP contribution >= 0.6 is 0 Å². The summed E-state index contributed by atoms with van der Waals surface area (Å²) in [5, 5.41) is 24.8. The predicted octanol–water partition coefficient (Wildman–Crippen LogP) is 2.29. The van der Waals surface area contributed by atoms with Crippen LogP contribution in [-0.4, -0.2) is 48.4 Å². The lowest BCUT2D eigenvalue weighted by Crippen LogP contribution is -2.42. The molecule has 146 valence electrons. The minimum absolute atomic E-state index is 0.0134. The van der Waals surface area contributed by atoms with Crippen molar-refractivity contribution in [3.8, 4) is 28.6 Å². The van der Waals surface area contributed by atoms with Crippen LogP contribution in [0.15, 0.2) is 45.6 Å². The molecule has 0 saturated carbocycles. The number of rotatable bonds is 4. The number of nitrogens with zero attached hydrogens (tertiary/aromatic N) is 1. The zero-order valence-electron chi connectivity index (χ0n) is 15.6. The summed E-state index contributed by atoms with van der Waals surface area (Å²) in [7, 11) is 1.40. The molecule has 0 radical (unpaired) electrons. The molecule has 1 aliphatic rings. The number of phenolic OH excluding ortho intramolecular Hbond substituents is 2. The van der Waals surface area contributed by atoms with E-state index in [4.69, 9.17) is 9.15 Å². The van der Waals surface area contributed by atoms with Crippen molar-refractivity contribution in [2.75, 3.05) is 33.3 Å². The zero-order chi connectivity index (χ0) is 19.7. The number of benzene rings is 2. The van der Waals surface area contributed by atoms with E-state index in [2.05, 4.69) is 10.2 Å². The number of hydrogen-bond acceptors (Lipinski definition) is 7. The molecule has 3 aromatic rings. The van der Waals surface area contributed by atoms with Crippen LogP contribution in [0.3, 0.4) is 0 Å². The topological polar surface area (TPSA) is 95.2 Å². The van der Waals surface area contributed by atoms with Gasteiger partial charge in [-0.2, -0.15) is 0 Å². The first kappa shape index (κ1) is 18.3. The molecule has 0 atom stereocenters. The molecule has 0 bridgehead atoms. The summed E-state index contributed by atoms with van der Waals surface area (Å²) < 4.78 is 11.3. The van der Waals surface area contributed by atoms with Gasteiger partial charge in [-0.3, -0.25) is 9.69 Å². The van der Waals surface area contributed by atoms with E-state index in [1.807, 2.05) is 30.3 Å². The maximum atomic E-state index is 12.8. The van der Waals surface area contributed by atoms with Gasteiger partial charge in [-0.05, 0) is 0 Å². The van der Waals surface area contributed by atoms with Crippen LogP contribution in [0.4, 0.5) is 0 Å². The molecule has 7 nitrogen and oxygen atoms in total. The molecule has 1 fully saturated rings. The van der Waals surface area contributed by atoms with Crippen LogP contribution in [0.1, 0.15) is 5.56 Å². The standard InChI is InChI=1S/C21H22N2O5/c1-27-21-19(26)14(12-23-9-7-22-8-10-23)18(25)17-15(24)11-16(28-20(17)21)13-5-3-2-4-6-13/h2-6,11,22,25-26H,7-10,12H2,1H3. The van der Waals surface area contributed by atoms with Gasteiger partial charge in [0.05, 0.1) is 12.7 Å². The Morgan fingerprint density at radius 3 is 2.54 bits per heavy atom. The van der Waals surface area contributed by atoms with Crippen LogP contribution in [0.5, 0.6) is 17.2 Å². The Hall–Kier alpha value is -3.03. The Morgan fingerprint density at radius 1 is 1.14 bits per heavy atom. The van der Waals surface area contributed by atoms with Crippen LogP contribution in [0.25, 0.3) is 22.3 Å². The molecule has 1 aromatic heterocycles. The number of ether oxygens (including phenoxy) is 1. The van der Waals surface area contributed by atoms with E-state index in [1.165, 1.54) is 13.2 Å². The average molecular weight is 382 g/mol. The molecule has 1 saturated heterocycles. The fourth-order valence-electron chi connectivity index (χ4n) is 3.56. The van der Waals surface area contributed by atoms with E-state index < -0.39 is 5.43 Å². The molecule has 0 spiro atoms. The highest BCUT2D eigenvalue weighted by Crippen LogP contribution is 2.44. The third-order valence-electron chi connectivity index (χ3n) is 5.03. The van der Waals surface area contributed by atoms with Crippen molar-refractivity contribution < 1.29 is 19.4 Å². The molecular formula is C21H22N2O5. The molecule has 28 heavy (non-hydrogen) atoms. The van der Waals surface area contributed by atoms with Gasteiger partial charge >= 0.3 is 0 Å². The van der Waals surface area contributed by atoms with Gasteiger partial charge in [-0.15, -0.1) is 0 Å². The lowest BCUT2D eigenvalue weighted by Gasteiger charge is -2.28. The van der Waals surface area contributed by atoms with Crippen LogP contribution in [0.2, 0.25) is 0 Å². The Bertz CT molecular complexity index is 1060. The summed E-state index contributed by atoms with van der Waals surface area (Å²) in [5.74, 6) is -0.0857. The molecule has 0 unspecified atom stereocenters. The first-order chi connectivity index (χ1) is 13.6. The summed E-state index contributed by atoms with van der Waals surface area (Å²) in [6.45, 7) is 3.52. The molecule has 3 N–H and O–H groups in total. The quantitative estimate of drug-likeness (QED) is 0.637. The number of piperazine rings is 1. The molecule has 0 amide bonds. The Balaban J connectivity index is 1.90. The van der Waals surface area contributed by atoms with Gasteiger partial charge in [-0.25, -0.2) is 0 Å². The first-order valence-electron chi connectivity index (χ1n) is 9.17. The summed E-state index contributed by atoms with van der Waals surface area (Å²) >= 11 is 0. The highest BCUT2D eigenvalue weighted by atomic mass is 16.5. The monoisotopic (exact) mass is 382 g/mol. The maximum Gasteiger partial charge on any atom is 0.205 e. The molecular weight excluding hydrogens is 360 g/mol. The number of phenols is 2. The second kappa shape index (κ2) is 7.53. The number of aromatic hydroxyl groups is 2. The minimum Gasteiger partial charge on any atom is -0.507 e. The van der Waals surface area contributed by atoms with E-state index in [-0.39, 0.29) is 33.8 Å². The third-order valence-corrected chi connectivity index (χ3v) is 5.03. The second-order valence-corrected chi connectivity index (χ2v) is 6.78. The smallest absolute Gasteiger partial charge is 0.205 e. The van der Waals surface area contributed by atoms with Crippen molar-refractivity contribution in [3.63, 3.8) is 0 Å². The molecule has 4 rings (SSSR count). The fourth-order valence-corrected chi connectivity index (χ4v) is 3.56. The van der Waals surface area contributed by atoms with Crippen molar-refractivity contribution >= 4 is 11.0 Å². The van der Waals surface area contributed by atoms with Crippen molar-refractivity contribution in [1.82, 2.24) is 10.2 Å². The van der Waals surface area contributed by atoms with Crippen LogP contribution in [0, 0.1) is 0 Å². The van der Waals surface area contributed by atoms with Gasteiger partial charge < -0.3 is 24.7 Å². The van der Waals surface area contributed by atoms with Crippen molar-refractivity contribution in [3.05, 3.63) is 52.2 Å². The number of nitrogens with one attached hydrogen (secondary N) is 1. The first-order valence-corrected chi connectivity index (χ1v) is 9.17. The van der Waals surface area contributed by atoms with Gasteiger partial charge in [0, 0.05) is 44.4 Å². The summed E-state index contributed by atoms with van der Waals surface area (Å²) in [6, 6.07) is 10.5. The van der Waals surface area contributed by atoms with Gasteiger partial charge in [0.2, 0.25) is 5.75 Å². The van der Waals surface area contributed by atoms with E-state index in [0.29, 0.717) is 17.9 Å². The average Bonchev–Trinajstić information content (AvgIpc) is 2.72. The third kappa shape index (κ3) is 3.19. The molecule has 1 aliphatic heterocycles. The maximum absolute atomic E-state index is 12.8. The lowest BCUT2D eigenvalue weighted by atomic mass is 10.0. The van der Waals surface area contributed by atoms with E-state index in [9.17, 15) is 15.0 Å². The van der Waals surface area contributed by atoms with Crippen LogP contribution < -0.4 is 15.5 Å². The number of hydrogen-bond donors (Lipinski definition) is 3. The lowest BCUT2D eigenvalue weighted by molar-refractivity contribution is 0.227. The Kier molecular flexibility index (Phi) is 4.93. The summed E-state index contributed by atoms with van der Waals surface area (Å²) in [5.41, 5.74) is 0.629. The Morgan fingerprint density at radius 2 is 1.86 bits per heavy atom. The van der Waals surface area contributed by atoms with E-state index >= 15 is 0 Å². The highest BCUT2D eigenvalue weighted by molar-refractivity contribution is 5.93. The van der Waals surface area contributed by atoms with Gasteiger partial charge in [-0.1, -0.05) is 30.3 Å². The predicted molar refractivity (Wildman–Crippen MR) is 106 cm³/mol. The Labute approximate surface area is 161 Å². The van der Waals surface area contributed by atoms with Crippen LogP contribution in [-0.2, 0) is 6.54 Å². The van der Waals surface area contributed by atoms with Gasteiger partial charge in [0.1, 0.15) is 16.9 Å². The van der Waals surface area contributed by atoms with Crippen molar-refractivity contribution in [2.24, 2.45) is 0 Å². The summed E-state index contributed by atoms with van der Waals surface area (Å²) in [6.07, 6.45) is 0. The second-order valence-electron chi connectivity index (χ2n) is 6.78. The highest BCUT2D eigenvalue weighted by Gasteiger charge is 2.26. The van der Waals surface area contributed by atoms with Crippen molar-refractivity contribution in [2.45, 2.75) is 6.54 Å². The van der Waals surface area contributed by atoms with Gasteiger partial charge in [0.15, 0.2) is 16.8 Å². The number of fused-ring (bicyclic) bond motifs is 1. The molecule has 2 aromatic carbocycles. The summed E-state index contributed by atoms with van der Waals surface area (Å²) in [4.78, 5) is 14.9.